The average molecular weight is 227 g/mol. The molecule has 0 spiro atoms. The number of aliphatic hydroxyl groups excluding tert-OH is 1. The van der Waals surface area contributed by atoms with Gasteiger partial charge in [-0.05, 0) is 13.8 Å². The summed E-state index contributed by atoms with van der Waals surface area (Å²) in [4.78, 5) is 15.6. The summed E-state index contributed by atoms with van der Waals surface area (Å²) in [6, 6.07) is 0. The number of aryl methyl sites for hydroxylation is 1. The normalized spacial score (nSPS) is 14.5. The molecule has 1 heterocycles. The van der Waals surface area contributed by atoms with Gasteiger partial charge < -0.3 is 20.1 Å². The molecule has 90 valence electrons. The molecule has 0 bridgehead atoms. The lowest BCUT2D eigenvalue weighted by Crippen LogP contribution is -2.39. The molecule has 1 rings (SSSR count). The number of anilines is 1. The number of hydrogen-bond acceptors (Lipinski definition) is 5. The standard InChI is InChI=1S/C10H17N3O3/c1-3-13-5-4-11-8(9(13)15)12-6-10(2,16)7-14/h4-5,14,16H,3,6-7H2,1-2H3,(H,11,12). The summed E-state index contributed by atoms with van der Waals surface area (Å²) in [6.07, 6.45) is 3.11. The zero-order chi connectivity index (χ0) is 12.2. The maximum absolute atomic E-state index is 11.7. The van der Waals surface area contributed by atoms with E-state index >= 15 is 0 Å². The van der Waals surface area contributed by atoms with E-state index in [1.165, 1.54) is 17.7 Å². The number of rotatable bonds is 5. The molecule has 0 saturated carbocycles. The summed E-state index contributed by atoms with van der Waals surface area (Å²) in [6.45, 7) is 3.58. The molecule has 1 aromatic rings. The number of nitrogens with one attached hydrogen (secondary N) is 1. The molecule has 16 heavy (non-hydrogen) atoms. The van der Waals surface area contributed by atoms with Gasteiger partial charge in [0.25, 0.3) is 5.56 Å². The summed E-state index contributed by atoms with van der Waals surface area (Å²) in [5, 5.41) is 21.1. The number of aromatic nitrogens is 2. The highest BCUT2D eigenvalue weighted by Crippen LogP contribution is 2.02. The lowest BCUT2D eigenvalue weighted by molar-refractivity contribution is 0.0131. The van der Waals surface area contributed by atoms with Crippen molar-refractivity contribution in [1.29, 1.82) is 0 Å². The van der Waals surface area contributed by atoms with Crippen LogP contribution in [0.2, 0.25) is 0 Å². The molecule has 6 heteroatoms. The van der Waals surface area contributed by atoms with Gasteiger partial charge in [0.1, 0.15) is 5.60 Å². The van der Waals surface area contributed by atoms with Crippen molar-refractivity contribution in [2.45, 2.75) is 26.0 Å². The van der Waals surface area contributed by atoms with E-state index in [9.17, 15) is 9.90 Å². The molecular formula is C10H17N3O3. The van der Waals surface area contributed by atoms with E-state index in [0.29, 0.717) is 6.54 Å². The fourth-order valence-electron chi connectivity index (χ4n) is 1.15. The van der Waals surface area contributed by atoms with Crippen molar-refractivity contribution < 1.29 is 10.2 Å². The highest BCUT2D eigenvalue weighted by molar-refractivity contribution is 5.31. The second-order valence-electron chi connectivity index (χ2n) is 3.88. The first kappa shape index (κ1) is 12.7. The Balaban J connectivity index is 2.79. The number of aliphatic hydroxyl groups is 2. The van der Waals surface area contributed by atoms with Gasteiger partial charge in [0.05, 0.1) is 6.61 Å². The van der Waals surface area contributed by atoms with Crippen LogP contribution in [0.5, 0.6) is 0 Å². The Labute approximate surface area is 93.6 Å². The maximum atomic E-state index is 11.7. The topological polar surface area (TPSA) is 87.4 Å². The molecule has 1 aromatic heterocycles. The SMILES string of the molecule is CCn1ccnc(NCC(C)(O)CO)c1=O. The van der Waals surface area contributed by atoms with Crippen molar-refractivity contribution in [2.75, 3.05) is 18.5 Å². The molecular weight excluding hydrogens is 210 g/mol. The molecule has 0 fully saturated rings. The molecule has 1 atom stereocenters. The van der Waals surface area contributed by atoms with E-state index in [-0.39, 0.29) is 24.5 Å². The van der Waals surface area contributed by atoms with Gasteiger partial charge in [0.15, 0.2) is 5.82 Å². The molecule has 0 aromatic carbocycles. The summed E-state index contributed by atoms with van der Waals surface area (Å²) >= 11 is 0. The first-order valence-corrected chi connectivity index (χ1v) is 5.12. The van der Waals surface area contributed by atoms with Gasteiger partial charge in [-0.2, -0.15) is 0 Å². The molecule has 1 unspecified atom stereocenters. The molecule has 0 amide bonds. The van der Waals surface area contributed by atoms with Crippen molar-refractivity contribution in [3.8, 4) is 0 Å². The van der Waals surface area contributed by atoms with Crippen molar-refractivity contribution in [2.24, 2.45) is 0 Å². The van der Waals surface area contributed by atoms with E-state index in [4.69, 9.17) is 5.11 Å². The van der Waals surface area contributed by atoms with Gasteiger partial charge in [-0.15, -0.1) is 0 Å². The van der Waals surface area contributed by atoms with Crippen LogP contribution in [0.1, 0.15) is 13.8 Å². The van der Waals surface area contributed by atoms with Gasteiger partial charge in [-0.3, -0.25) is 4.79 Å². The van der Waals surface area contributed by atoms with E-state index < -0.39 is 5.60 Å². The Morgan fingerprint density at radius 2 is 2.31 bits per heavy atom. The summed E-state index contributed by atoms with van der Waals surface area (Å²) < 4.78 is 1.50. The van der Waals surface area contributed by atoms with Crippen molar-refractivity contribution in [1.82, 2.24) is 9.55 Å². The molecule has 0 saturated heterocycles. The predicted molar refractivity (Wildman–Crippen MR) is 60.4 cm³/mol. The Hall–Kier alpha value is -1.40. The minimum Gasteiger partial charge on any atom is -0.393 e. The van der Waals surface area contributed by atoms with E-state index in [1.807, 2.05) is 6.92 Å². The van der Waals surface area contributed by atoms with E-state index in [1.54, 1.807) is 6.20 Å². The van der Waals surface area contributed by atoms with Crippen LogP contribution in [0, 0.1) is 0 Å². The van der Waals surface area contributed by atoms with Gasteiger partial charge in [-0.25, -0.2) is 4.98 Å². The minimum absolute atomic E-state index is 0.0689. The van der Waals surface area contributed by atoms with Crippen LogP contribution in [-0.2, 0) is 6.54 Å². The molecule has 6 nitrogen and oxygen atoms in total. The summed E-state index contributed by atoms with van der Waals surface area (Å²) in [5.74, 6) is 0.179. The lowest BCUT2D eigenvalue weighted by atomic mass is 10.1. The maximum Gasteiger partial charge on any atom is 0.293 e. The second-order valence-corrected chi connectivity index (χ2v) is 3.88. The van der Waals surface area contributed by atoms with Crippen LogP contribution in [0.15, 0.2) is 17.2 Å². The minimum atomic E-state index is -1.26. The molecule has 0 aliphatic heterocycles. The smallest absolute Gasteiger partial charge is 0.293 e. The van der Waals surface area contributed by atoms with Crippen LogP contribution in [-0.4, -0.2) is 38.5 Å². The zero-order valence-electron chi connectivity index (χ0n) is 9.47. The largest absolute Gasteiger partial charge is 0.393 e. The Bertz CT molecular complexity index is 401. The van der Waals surface area contributed by atoms with Crippen LogP contribution in [0.25, 0.3) is 0 Å². The fraction of sp³-hybridized carbons (Fsp3) is 0.600. The average Bonchev–Trinajstić information content (AvgIpc) is 2.28. The van der Waals surface area contributed by atoms with Gasteiger partial charge in [0, 0.05) is 25.5 Å². The van der Waals surface area contributed by atoms with Gasteiger partial charge in [-0.1, -0.05) is 0 Å². The number of hydrogen-bond donors (Lipinski definition) is 3. The van der Waals surface area contributed by atoms with Gasteiger partial charge >= 0.3 is 0 Å². The highest BCUT2D eigenvalue weighted by Gasteiger charge is 2.19. The van der Waals surface area contributed by atoms with Crippen LogP contribution in [0.4, 0.5) is 5.82 Å². The first-order chi connectivity index (χ1) is 7.50. The van der Waals surface area contributed by atoms with Crippen molar-refractivity contribution >= 4 is 5.82 Å². The third-order valence-corrected chi connectivity index (χ3v) is 2.23. The monoisotopic (exact) mass is 227 g/mol. The number of nitrogens with zero attached hydrogens (tertiary/aromatic N) is 2. The summed E-state index contributed by atoms with van der Waals surface area (Å²) in [7, 11) is 0. The Kier molecular flexibility index (Phi) is 4.03. The lowest BCUT2D eigenvalue weighted by Gasteiger charge is -2.20. The van der Waals surface area contributed by atoms with Crippen LogP contribution in [0.3, 0.4) is 0 Å². The van der Waals surface area contributed by atoms with E-state index in [2.05, 4.69) is 10.3 Å². The Morgan fingerprint density at radius 3 is 2.88 bits per heavy atom. The zero-order valence-corrected chi connectivity index (χ0v) is 9.47. The molecule has 0 aliphatic carbocycles. The summed E-state index contributed by atoms with van der Waals surface area (Å²) in [5.41, 5.74) is -1.50. The fourth-order valence-corrected chi connectivity index (χ4v) is 1.15. The molecule has 3 N–H and O–H groups in total. The van der Waals surface area contributed by atoms with Crippen LogP contribution < -0.4 is 10.9 Å². The Morgan fingerprint density at radius 1 is 1.62 bits per heavy atom. The predicted octanol–water partition coefficient (Wildman–Crippen LogP) is -0.582. The highest BCUT2D eigenvalue weighted by atomic mass is 16.3. The molecule has 0 radical (unpaired) electrons. The van der Waals surface area contributed by atoms with Crippen molar-refractivity contribution in [3.05, 3.63) is 22.7 Å². The van der Waals surface area contributed by atoms with Crippen molar-refractivity contribution in [3.63, 3.8) is 0 Å². The van der Waals surface area contributed by atoms with E-state index in [0.717, 1.165) is 0 Å². The molecule has 0 aliphatic rings. The third kappa shape index (κ3) is 3.04. The van der Waals surface area contributed by atoms with Gasteiger partial charge in [0.2, 0.25) is 0 Å². The quantitative estimate of drug-likeness (QED) is 0.626. The second kappa shape index (κ2) is 5.09. The first-order valence-electron chi connectivity index (χ1n) is 5.12. The van der Waals surface area contributed by atoms with Crippen LogP contribution >= 0.6 is 0 Å². The third-order valence-electron chi connectivity index (χ3n) is 2.23.